The summed E-state index contributed by atoms with van der Waals surface area (Å²) in [7, 11) is 0. The molecular formula is C19H27NS. The quantitative estimate of drug-likeness (QED) is 0.276. The van der Waals surface area contributed by atoms with Gasteiger partial charge in [0.2, 0.25) is 0 Å². The van der Waals surface area contributed by atoms with Crippen LogP contribution in [0.3, 0.4) is 0 Å². The lowest BCUT2D eigenvalue weighted by molar-refractivity contribution is 0.727. The third-order valence-corrected chi connectivity index (χ3v) is 4.32. The molecule has 1 aromatic carbocycles. The molecule has 21 heavy (non-hydrogen) atoms. The van der Waals surface area contributed by atoms with Gasteiger partial charge in [-0.3, -0.25) is 4.99 Å². The number of allylic oxidation sites excluding steroid dienone is 1. The van der Waals surface area contributed by atoms with Gasteiger partial charge in [-0.25, -0.2) is 0 Å². The van der Waals surface area contributed by atoms with Gasteiger partial charge in [0.25, 0.3) is 0 Å². The Labute approximate surface area is 134 Å². The number of hydrogen-bond donors (Lipinski definition) is 0. The fourth-order valence-electron chi connectivity index (χ4n) is 2.14. The molecule has 0 heterocycles. The van der Waals surface area contributed by atoms with Crippen LogP contribution in [0.1, 0.15) is 44.6 Å². The highest BCUT2D eigenvalue weighted by Crippen LogP contribution is 2.18. The zero-order valence-corrected chi connectivity index (χ0v) is 14.0. The summed E-state index contributed by atoms with van der Waals surface area (Å²) in [5, 5.41) is 2.15. The number of benzene rings is 1. The molecular weight excluding hydrogens is 274 g/mol. The highest BCUT2D eigenvalue weighted by atomic mass is 32.2. The Kier molecular flexibility index (Phi) is 9.64. The summed E-state index contributed by atoms with van der Waals surface area (Å²) in [6.07, 6.45) is 6.82. The van der Waals surface area contributed by atoms with E-state index in [1.165, 1.54) is 24.0 Å². The van der Waals surface area contributed by atoms with E-state index in [-0.39, 0.29) is 0 Å². The van der Waals surface area contributed by atoms with Crippen LogP contribution in [-0.2, 0) is 6.42 Å². The molecule has 2 heteroatoms. The van der Waals surface area contributed by atoms with Crippen LogP contribution in [-0.4, -0.2) is 12.5 Å². The van der Waals surface area contributed by atoms with Crippen molar-refractivity contribution in [2.75, 3.05) is 5.75 Å². The van der Waals surface area contributed by atoms with Gasteiger partial charge in [0, 0.05) is 11.4 Å². The number of nitrogens with zero attached hydrogens (tertiary/aromatic N) is 1. The summed E-state index contributed by atoms with van der Waals surface area (Å²) in [6, 6.07) is 10.7. The van der Waals surface area contributed by atoms with E-state index in [1.807, 2.05) is 0 Å². The van der Waals surface area contributed by atoms with Crippen molar-refractivity contribution < 1.29 is 0 Å². The minimum Gasteiger partial charge on any atom is -0.269 e. The van der Waals surface area contributed by atoms with E-state index in [2.05, 4.69) is 61.0 Å². The first kappa shape index (κ1) is 17.8. The average Bonchev–Trinajstić information content (AvgIpc) is 2.51. The van der Waals surface area contributed by atoms with Crippen LogP contribution in [0.15, 0.2) is 58.6 Å². The first-order valence-corrected chi connectivity index (χ1v) is 8.79. The number of unbranched alkanes of at least 4 members (excludes halogenated alkanes) is 1. The second-order valence-electron chi connectivity index (χ2n) is 5.27. The van der Waals surface area contributed by atoms with Crippen molar-refractivity contribution in [3.05, 3.63) is 59.2 Å². The molecule has 0 N–H and O–H groups in total. The van der Waals surface area contributed by atoms with Gasteiger partial charge in [-0.1, -0.05) is 55.8 Å². The van der Waals surface area contributed by atoms with E-state index in [1.54, 1.807) is 11.8 Å². The van der Waals surface area contributed by atoms with Gasteiger partial charge in [0.1, 0.15) is 0 Å². The van der Waals surface area contributed by atoms with Crippen molar-refractivity contribution in [3.8, 4) is 0 Å². The molecule has 0 radical (unpaired) electrons. The van der Waals surface area contributed by atoms with E-state index >= 15 is 0 Å². The molecule has 0 aromatic heterocycles. The third kappa shape index (κ3) is 8.56. The summed E-state index contributed by atoms with van der Waals surface area (Å²) in [6.45, 7) is 9.95. The Morgan fingerprint density at radius 2 is 1.95 bits per heavy atom. The van der Waals surface area contributed by atoms with Crippen molar-refractivity contribution in [3.63, 3.8) is 0 Å². The maximum Gasteiger partial charge on any atom is 0.0459 e. The Hall–Kier alpha value is -1.28. The van der Waals surface area contributed by atoms with E-state index in [0.717, 1.165) is 37.1 Å². The van der Waals surface area contributed by atoms with Gasteiger partial charge in [-0.05, 0) is 49.8 Å². The molecule has 0 saturated heterocycles. The number of hydrogen-bond acceptors (Lipinski definition) is 2. The van der Waals surface area contributed by atoms with Crippen LogP contribution < -0.4 is 0 Å². The molecule has 0 aliphatic carbocycles. The third-order valence-electron chi connectivity index (χ3n) is 3.30. The average molecular weight is 301 g/mol. The van der Waals surface area contributed by atoms with Gasteiger partial charge in [-0.2, -0.15) is 0 Å². The first-order chi connectivity index (χ1) is 10.3. The van der Waals surface area contributed by atoms with Crippen LogP contribution in [0.2, 0.25) is 0 Å². The number of rotatable bonds is 11. The second kappa shape index (κ2) is 11.4. The fourth-order valence-corrected chi connectivity index (χ4v) is 2.98. The molecule has 1 aromatic rings. The number of aryl methyl sites for hydroxylation is 1. The molecule has 0 atom stereocenters. The van der Waals surface area contributed by atoms with Crippen LogP contribution in [0.25, 0.3) is 0 Å². The normalized spacial score (nSPS) is 11.4. The standard InChI is InChI=1S/C19H27NS/c1-4-10-17(2)15-21-16-19(20-3)14-9-8-13-18-11-6-5-7-12-18/h5-7,11-12,16H,2-4,8-10,13-15H2,1H3/b19-16-. The SMILES string of the molecule is C=N/C(=C\SCC(=C)CCC)CCCCc1ccccc1. The van der Waals surface area contributed by atoms with Crippen LogP contribution in [0, 0.1) is 0 Å². The zero-order valence-electron chi connectivity index (χ0n) is 13.2. The fraction of sp³-hybridized carbons (Fsp3) is 0.421. The maximum atomic E-state index is 4.14. The monoisotopic (exact) mass is 301 g/mol. The minimum atomic E-state index is 0.997. The zero-order chi connectivity index (χ0) is 15.3. The van der Waals surface area contributed by atoms with Gasteiger partial charge in [-0.15, -0.1) is 11.8 Å². The van der Waals surface area contributed by atoms with E-state index in [9.17, 15) is 0 Å². The summed E-state index contributed by atoms with van der Waals surface area (Å²) < 4.78 is 0. The van der Waals surface area contributed by atoms with Gasteiger partial charge < -0.3 is 0 Å². The smallest absolute Gasteiger partial charge is 0.0459 e. The molecule has 0 spiro atoms. The lowest BCUT2D eigenvalue weighted by Crippen LogP contribution is -1.87. The molecule has 0 aliphatic rings. The molecule has 1 nitrogen and oxygen atoms in total. The summed E-state index contributed by atoms with van der Waals surface area (Å²) in [5.41, 5.74) is 3.84. The molecule has 0 unspecified atom stereocenters. The Balaban J connectivity index is 2.21. The molecule has 0 aliphatic heterocycles. The molecule has 114 valence electrons. The van der Waals surface area contributed by atoms with E-state index in [0.29, 0.717) is 0 Å². The molecule has 0 fully saturated rings. The van der Waals surface area contributed by atoms with Crippen molar-refractivity contribution in [2.24, 2.45) is 4.99 Å². The molecule has 1 rings (SSSR count). The number of aliphatic imine (C=N–C) groups is 1. The summed E-state index contributed by atoms with van der Waals surface area (Å²) >= 11 is 1.79. The maximum absolute atomic E-state index is 4.14. The van der Waals surface area contributed by atoms with Gasteiger partial charge >= 0.3 is 0 Å². The lowest BCUT2D eigenvalue weighted by Gasteiger charge is -2.04. The summed E-state index contributed by atoms with van der Waals surface area (Å²) in [5.74, 6) is 0.997. The van der Waals surface area contributed by atoms with Crippen molar-refractivity contribution in [2.45, 2.75) is 45.4 Å². The summed E-state index contributed by atoms with van der Waals surface area (Å²) in [4.78, 5) is 4.14. The van der Waals surface area contributed by atoms with Crippen molar-refractivity contribution in [1.82, 2.24) is 0 Å². The van der Waals surface area contributed by atoms with Crippen molar-refractivity contribution in [1.29, 1.82) is 0 Å². The molecule has 0 bridgehead atoms. The van der Waals surface area contributed by atoms with Gasteiger partial charge in [0.05, 0.1) is 0 Å². The van der Waals surface area contributed by atoms with Crippen molar-refractivity contribution >= 4 is 18.5 Å². The van der Waals surface area contributed by atoms with Crippen LogP contribution >= 0.6 is 11.8 Å². The Bertz CT molecular complexity index is 448. The van der Waals surface area contributed by atoms with Crippen LogP contribution in [0.4, 0.5) is 0 Å². The topological polar surface area (TPSA) is 12.4 Å². The Morgan fingerprint density at radius 1 is 1.19 bits per heavy atom. The molecule has 0 amide bonds. The Morgan fingerprint density at radius 3 is 2.62 bits per heavy atom. The first-order valence-electron chi connectivity index (χ1n) is 7.74. The highest BCUT2D eigenvalue weighted by Gasteiger charge is 1.98. The largest absolute Gasteiger partial charge is 0.269 e. The number of thioether (sulfide) groups is 1. The lowest BCUT2D eigenvalue weighted by atomic mass is 10.1. The molecule has 0 saturated carbocycles. The second-order valence-corrected chi connectivity index (χ2v) is 6.13. The minimum absolute atomic E-state index is 0.997. The predicted octanol–water partition coefficient (Wildman–Crippen LogP) is 6.03. The van der Waals surface area contributed by atoms with Crippen LogP contribution in [0.5, 0.6) is 0 Å². The van der Waals surface area contributed by atoms with Gasteiger partial charge in [0.15, 0.2) is 0 Å². The van der Waals surface area contributed by atoms with E-state index in [4.69, 9.17) is 0 Å². The highest BCUT2D eigenvalue weighted by molar-refractivity contribution is 8.02. The predicted molar refractivity (Wildman–Crippen MR) is 98.1 cm³/mol. The van der Waals surface area contributed by atoms with E-state index < -0.39 is 0 Å².